The lowest BCUT2D eigenvalue weighted by Crippen LogP contribution is -1.99. The number of hydrogen-bond acceptors (Lipinski definition) is 2. The first-order valence-electron chi connectivity index (χ1n) is 4.67. The molecule has 1 N–H and O–H groups in total. The fourth-order valence-corrected chi connectivity index (χ4v) is 1.21. The Morgan fingerprint density at radius 1 is 1.50 bits per heavy atom. The highest BCUT2D eigenvalue weighted by molar-refractivity contribution is 5.98. The predicted octanol–water partition coefficient (Wildman–Crippen LogP) is 2.90. The van der Waals surface area contributed by atoms with Crippen molar-refractivity contribution >= 4 is 5.78 Å². The zero-order chi connectivity index (χ0) is 10.6. The molecule has 0 aromatic heterocycles. The normalized spacial score (nSPS) is 10.1. The van der Waals surface area contributed by atoms with Crippen molar-refractivity contribution in [3.05, 3.63) is 29.6 Å². The molecule has 76 valence electrons. The van der Waals surface area contributed by atoms with Crippen LogP contribution in [0.25, 0.3) is 0 Å². The zero-order valence-corrected chi connectivity index (χ0v) is 8.09. The minimum absolute atomic E-state index is 0.135. The molecule has 0 radical (unpaired) electrons. The Kier molecular flexibility index (Phi) is 3.63. The Hall–Kier alpha value is -1.38. The summed E-state index contributed by atoms with van der Waals surface area (Å²) in [5.41, 5.74) is 0.208. The third kappa shape index (κ3) is 2.55. The molecule has 1 aromatic carbocycles. The Balaban J connectivity index is 2.80. The van der Waals surface area contributed by atoms with Gasteiger partial charge in [-0.2, -0.15) is 0 Å². The van der Waals surface area contributed by atoms with Gasteiger partial charge in [-0.3, -0.25) is 4.79 Å². The molecule has 1 aromatic rings. The number of aromatic hydroxyl groups is 1. The number of Topliss-reactive ketones (excluding diaryl/α,β-unsaturated/α-hetero) is 1. The van der Waals surface area contributed by atoms with Gasteiger partial charge < -0.3 is 5.11 Å². The molecule has 2 nitrogen and oxygen atoms in total. The predicted molar refractivity (Wildman–Crippen MR) is 51.9 cm³/mol. The lowest BCUT2D eigenvalue weighted by Gasteiger charge is -2.02. The van der Waals surface area contributed by atoms with E-state index in [1.807, 2.05) is 6.92 Å². The van der Waals surface area contributed by atoms with E-state index in [9.17, 15) is 14.3 Å². The van der Waals surface area contributed by atoms with E-state index in [0.29, 0.717) is 6.42 Å². The molecule has 1 rings (SSSR count). The van der Waals surface area contributed by atoms with Crippen molar-refractivity contribution in [2.24, 2.45) is 0 Å². The maximum absolute atomic E-state index is 12.6. The van der Waals surface area contributed by atoms with Gasteiger partial charge >= 0.3 is 0 Å². The van der Waals surface area contributed by atoms with E-state index in [4.69, 9.17) is 0 Å². The summed E-state index contributed by atoms with van der Waals surface area (Å²) in [5, 5.41) is 9.30. The summed E-state index contributed by atoms with van der Waals surface area (Å²) >= 11 is 0. The molecule has 0 atom stereocenters. The summed E-state index contributed by atoms with van der Waals surface area (Å²) in [6.45, 7) is 1.98. The monoisotopic (exact) mass is 196 g/mol. The summed E-state index contributed by atoms with van der Waals surface area (Å²) < 4.78 is 12.6. The van der Waals surface area contributed by atoms with Crippen LogP contribution in [0.5, 0.6) is 5.75 Å². The van der Waals surface area contributed by atoms with Gasteiger partial charge in [-0.25, -0.2) is 4.39 Å². The number of hydrogen-bond donors (Lipinski definition) is 1. The molecule has 14 heavy (non-hydrogen) atoms. The van der Waals surface area contributed by atoms with Crippen LogP contribution >= 0.6 is 0 Å². The molecule has 0 bridgehead atoms. The Bertz CT molecular complexity index is 334. The van der Waals surface area contributed by atoms with Gasteiger partial charge in [0.1, 0.15) is 11.6 Å². The molecular weight excluding hydrogens is 183 g/mol. The molecule has 0 aliphatic carbocycles. The van der Waals surface area contributed by atoms with Crippen LogP contribution < -0.4 is 0 Å². The van der Waals surface area contributed by atoms with Crippen LogP contribution in [0.4, 0.5) is 4.39 Å². The quantitative estimate of drug-likeness (QED) is 0.752. The van der Waals surface area contributed by atoms with Crippen LogP contribution in [-0.2, 0) is 0 Å². The summed E-state index contributed by atoms with van der Waals surface area (Å²) in [5.74, 6) is -0.940. The molecule has 0 unspecified atom stereocenters. The molecule has 0 heterocycles. The smallest absolute Gasteiger partial charge is 0.166 e. The minimum Gasteiger partial charge on any atom is -0.507 e. The lowest BCUT2D eigenvalue weighted by atomic mass is 10.0. The summed E-state index contributed by atoms with van der Waals surface area (Å²) in [7, 11) is 0. The van der Waals surface area contributed by atoms with Gasteiger partial charge in [0.25, 0.3) is 0 Å². The SMILES string of the molecule is CCCCC(=O)c1ccc(F)cc1O. The molecule has 0 aliphatic rings. The highest BCUT2D eigenvalue weighted by Gasteiger charge is 2.10. The van der Waals surface area contributed by atoms with Crippen molar-refractivity contribution in [2.45, 2.75) is 26.2 Å². The second-order valence-electron chi connectivity index (χ2n) is 3.19. The van der Waals surface area contributed by atoms with E-state index in [1.165, 1.54) is 12.1 Å². The standard InChI is InChI=1S/C11H13FO2/c1-2-3-4-10(13)9-6-5-8(12)7-11(9)14/h5-7,14H,2-4H2,1H3. The number of carbonyl (C=O) groups is 1. The van der Waals surface area contributed by atoms with Crippen LogP contribution in [-0.4, -0.2) is 10.9 Å². The second-order valence-corrected chi connectivity index (χ2v) is 3.19. The molecular formula is C11H13FO2. The van der Waals surface area contributed by atoms with Gasteiger partial charge in [0.2, 0.25) is 0 Å². The van der Waals surface area contributed by atoms with E-state index >= 15 is 0 Å². The third-order valence-corrected chi connectivity index (χ3v) is 2.02. The average molecular weight is 196 g/mol. The maximum atomic E-state index is 12.6. The number of rotatable bonds is 4. The largest absolute Gasteiger partial charge is 0.507 e. The van der Waals surface area contributed by atoms with Gasteiger partial charge in [0, 0.05) is 12.5 Å². The second kappa shape index (κ2) is 4.74. The summed E-state index contributed by atoms with van der Waals surface area (Å²) in [6, 6.07) is 3.46. The first kappa shape index (κ1) is 10.7. The van der Waals surface area contributed by atoms with E-state index in [-0.39, 0.29) is 17.1 Å². The molecule has 0 aliphatic heterocycles. The van der Waals surface area contributed by atoms with Crippen LogP contribution in [0.1, 0.15) is 36.5 Å². The third-order valence-electron chi connectivity index (χ3n) is 2.02. The topological polar surface area (TPSA) is 37.3 Å². The fourth-order valence-electron chi connectivity index (χ4n) is 1.21. The number of carbonyl (C=O) groups excluding carboxylic acids is 1. The van der Waals surface area contributed by atoms with Crippen LogP contribution in [0.2, 0.25) is 0 Å². The van der Waals surface area contributed by atoms with Crippen molar-refractivity contribution in [3.8, 4) is 5.75 Å². The highest BCUT2D eigenvalue weighted by Crippen LogP contribution is 2.20. The first-order valence-corrected chi connectivity index (χ1v) is 4.67. The van der Waals surface area contributed by atoms with E-state index < -0.39 is 5.82 Å². The van der Waals surface area contributed by atoms with Crippen molar-refractivity contribution in [2.75, 3.05) is 0 Å². The Morgan fingerprint density at radius 2 is 2.21 bits per heavy atom. The van der Waals surface area contributed by atoms with E-state index in [0.717, 1.165) is 18.9 Å². The van der Waals surface area contributed by atoms with E-state index in [1.54, 1.807) is 0 Å². The number of unbranched alkanes of at least 4 members (excludes halogenated alkanes) is 1. The van der Waals surface area contributed by atoms with Crippen LogP contribution in [0, 0.1) is 5.82 Å². The number of ketones is 1. The number of phenols is 1. The summed E-state index contributed by atoms with van der Waals surface area (Å²) in [6.07, 6.45) is 2.11. The van der Waals surface area contributed by atoms with Crippen LogP contribution in [0.3, 0.4) is 0 Å². The molecule has 3 heteroatoms. The molecule has 0 saturated carbocycles. The Morgan fingerprint density at radius 3 is 2.79 bits per heavy atom. The number of benzene rings is 1. The van der Waals surface area contributed by atoms with Gasteiger partial charge in [0.15, 0.2) is 5.78 Å². The molecule has 0 amide bonds. The average Bonchev–Trinajstić information content (AvgIpc) is 2.14. The molecule has 0 saturated heterocycles. The number of halogens is 1. The van der Waals surface area contributed by atoms with Crippen molar-refractivity contribution in [1.29, 1.82) is 0 Å². The van der Waals surface area contributed by atoms with Gasteiger partial charge in [0.05, 0.1) is 5.56 Å². The Labute approximate surface area is 82.4 Å². The van der Waals surface area contributed by atoms with Crippen molar-refractivity contribution < 1.29 is 14.3 Å². The zero-order valence-electron chi connectivity index (χ0n) is 8.09. The van der Waals surface area contributed by atoms with Gasteiger partial charge in [-0.05, 0) is 18.6 Å². The van der Waals surface area contributed by atoms with Crippen LogP contribution in [0.15, 0.2) is 18.2 Å². The maximum Gasteiger partial charge on any atom is 0.166 e. The first-order chi connectivity index (χ1) is 6.65. The van der Waals surface area contributed by atoms with Crippen molar-refractivity contribution in [1.82, 2.24) is 0 Å². The summed E-state index contributed by atoms with van der Waals surface area (Å²) in [4.78, 5) is 11.5. The number of phenolic OH excluding ortho intramolecular Hbond substituents is 1. The lowest BCUT2D eigenvalue weighted by molar-refractivity contribution is 0.0977. The van der Waals surface area contributed by atoms with Gasteiger partial charge in [-0.1, -0.05) is 13.3 Å². The highest BCUT2D eigenvalue weighted by atomic mass is 19.1. The molecule has 0 spiro atoms. The fraction of sp³-hybridized carbons (Fsp3) is 0.364. The molecule has 0 fully saturated rings. The van der Waals surface area contributed by atoms with Crippen molar-refractivity contribution in [3.63, 3.8) is 0 Å². The minimum atomic E-state index is -0.533. The van der Waals surface area contributed by atoms with Gasteiger partial charge in [-0.15, -0.1) is 0 Å². The van der Waals surface area contributed by atoms with E-state index in [2.05, 4.69) is 0 Å².